The number of aryl methyl sites for hydroxylation is 1. The number of aromatic nitrogens is 4. The first kappa shape index (κ1) is 15.6. The Bertz CT molecular complexity index is 661. The van der Waals surface area contributed by atoms with Crippen LogP contribution in [0.5, 0.6) is 0 Å². The van der Waals surface area contributed by atoms with Crippen LogP contribution in [0.4, 0.5) is 5.82 Å². The number of nitrogens with one attached hydrogen (secondary N) is 1. The van der Waals surface area contributed by atoms with E-state index in [9.17, 15) is 4.79 Å². The molecule has 0 spiro atoms. The van der Waals surface area contributed by atoms with Crippen LogP contribution in [0.25, 0.3) is 5.82 Å². The molecule has 2 aromatic rings. The van der Waals surface area contributed by atoms with Crippen LogP contribution < -0.4 is 5.32 Å². The molecular formula is C17H23N5O. The topological polar surface area (TPSA) is 72.7 Å². The summed E-state index contributed by atoms with van der Waals surface area (Å²) in [5.41, 5.74) is 0. The molecular weight excluding hydrogens is 290 g/mol. The van der Waals surface area contributed by atoms with Gasteiger partial charge in [-0.2, -0.15) is 0 Å². The van der Waals surface area contributed by atoms with Gasteiger partial charge in [0.1, 0.15) is 23.8 Å². The fourth-order valence-corrected chi connectivity index (χ4v) is 3.18. The second kappa shape index (κ2) is 7.35. The number of rotatable bonds is 5. The Labute approximate surface area is 136 Å². The molecule has 0 unspecified atom stereocenters. The summed E-state index contributed by atoms with van der Waals surface area (Å²) in [4.78, 5) is 24.7. The normalized spacial score (nSPS) is 15.5. The predicted molar refractivity (Wildman–Crippen MR) is 88.3 cm³/mol. The Morgan fingerprint density at radius 3 is 2.83 bits per heavy atom. The van der Waals surface area contributed by atoms with E-state index in [-0.39, 0.29) is 5.91 Å². The van der Waals surface area contributed by atoms with Crippen LogP contribution in [-0.2, 0) is 4.79 Å². The van der Waals surface area contributed by atoms with Gasteiger partial charge >= 0.3 is 0 Å². The summed E-state index contributed by atoms with van der Waals surface area (Å²) in [5, 5.41) is 2.88. The summed E-state index contributed by atoms with van der Waals surface area (Å²) < 4.78 is 1.86. The van der Waals surface area contributed by atoms with E-state index in [0.717, 1.165) is 12.2 Å². The average molecular weight is 313 g/mol. The van der Waals surface area contributed by atoms with Crippen LogP contribution in [0.15, 0.2) is 24.8 Å². The molecule has 2 aromatic heterocycles. The van der Waals surface area contributed by atoms with Gasteiger partial charge in [-0.1, -0.05) is 32.1 Å². The molecule has 1 N–H and O–H groups in total. The van der Waals surface area contributed by atoms with Crippen molar-refractivity contribution in [3.63, 3.8) is 0 Å². The minimum Gasteiger partial charge on any atom is -0.311 e. The van der Waals surface area contributed by atoms with Crippen molar-refractivity contribution >= 4 is 11.7 Å². The van der Waals surface area contributed by atoms with E-state index in [1.165, 1.54) is 38.4 Å². The number of carbonyl (C=O) groups excluding carboxylic acids is 1. The first-order chi connectivity index (χ1) is 11.2. The molecule has 1 fully saturated rings. The van der Waals surface area contributed by atoms with E-state index >= 15 is 0 Å². The molecule has 0 radical (unpaired) electrons. The van der Waals surface area contributed by atoms with E-state index in [0.29, 0.717) is 24.0 Å². The molecule has 122 valence electrons. The Balaban J connectivity index is 1.57. The highest BCUT2D eigenvalue weighted by Gasteiger charge is 2.15. The number of hydrogen-bond donors (Lipinski definition) is 1. The summed E-state index contributed by atoms with van der Waals surface area (Å²) in [6.45, 7) is 1.91. The number of hydrogen-bond acceptors (Lipinski definition) is 4. The van der Waals surface area contributed by atoms with Gasteiger partial charge in [-0.15, -0.1) is 0 Å². The third-order valence-corrected chi connectivity index (χ3v) is 4.50. The van der Waals surface area contributed by atoms with Gasteiger partial charge in [0.25, 0.3) is 0 Å². The van der Waals surface area contributed by atoms with E-state index in [2.05, 4.69) is 20.3 Å². The molecule has 1 aliphatic rings. The number of anilines is 1. The van der Waals surface area contributed by atoms with Gasteiger partial charge in [0, 0.05) is 24.9 Å². The van der Waals surface area contributed by atoms with Crippen LogP contribution in [0.1, 0.15) is 50.8 Å². The number of carbonyl (C=O) groups is 1. The lowest BCUT2D eigenvalue weighted by atomic mass is 9.86. The van der Waals surface area contributed by atoms with Crippen molar-refractivity contribution in [2.24, 2.45) is 5.92 Å². The Morgan fingerprint density at radius 2 is 2.09 bits per heavy atom. The van der Waals surface area contributed by atoms with Crippen molar-refractivity contribution in [2.75, 3.05) is 5.32 Å². The zero-order valence-electron chi connectivity index (χ0n) is 13.5. The van der Waals surface area contributed by atoms with Crippen molar-refractivity contribution in [1.29, 1.82) is 0 Å². The fourth-order valence-electron chi connectivity index (χ4n) is 3.18. The summed E-state index contributed by atoms with van der Waals surface area (Å²) in [7, 11) is 0. The fraction of sp³-hybridized carbons (Fsp3) is 0.529. The molecule has 1 amide bonds. The SMILES string of the molecule is Cc1nccn1-c1cc(NC(=O)CCC2CCCCC2)ncn1. The monoisotopic (exact) mass is 313 g/mol. The van der Waals surface area contributed by atoms with Crippen molar-refractivity contribution in [1.82, 2.24) is 19.5 Å². The highest BCUT2D eigenvalue weighted by atomic mass is 16.1. The van der Waals surface area contributed by atoms with Gasteiger partial charge in [0.15, 0.2) is 0 Å². The Morgan fingerprint density at radius 1 is 1.26 bits per heavy atom. The lowest BCUT2D eigenvalue weighted by molar-refractivity contribution is -0.116. The summed E-state index contributed by atoms with van der Waals surface area (Å²) in [5.74, 6) is 2.83. The van der Waals surface area contributed by atoms with Gasteiger partial charge in [0.2, 0.25) is 5.91 Å². The minimum atomic E-state index is 0.0302. The first-order valence-electron chi connectivity index (χ1n) is 8.34. The third kappa shape index (κ3) is 4.15. The predicted octanol–water partition coefficient (Wildman–Crippen LogP) is 3.27. The standard InChI is InChI=1S/C17H23N5O/c1-13-18-9-10-22(13)16-11-15(19-12-20-16)21-17(23)8-7-14-5-3-2-4-6-14/h9-12,14H,2-8H2,1H3,(H,19,20,21,23). The molecule has 6 heteroatoms. The third-order valence-electron chi connectivity index (χ3n) is 4.50. The van der Waals surface area contributed by atoms with Crippen LogP contribution in [-0.4, -0.2) is 25.4 Å². The van der Waals surface area contributed by atoms with Crippen molar-refractivity contribution in [3.8, 4) is 5.82 Å². The van der Waals surface area contributed by atoms with Gasteiger partial charge in [0.05, 0.1) is 0 Å². The maximum absolute atomic E-state index is 12.1. The number of imidazole rings is 1. The molecule has 1 saturated carbocycles. The Kier molecular flexibility index (Phi) is 5.00. The molecule has 2 heterocycles. The molecule has 0 aliphatic heterocycles. The smallest absolute Gasteiger partial charge is 0.225 e. The van der Waals surface area contributed by atoms with E-state index in [4.69, 9.17) is 0 Å². The summed E-state index contributed by atoms with van der Waals surface area (Å²) in [6.07, 6.45) is 13.1. The van der Waals surface area contributed by atoms with Gasteiger partial charge in [-0.25, -0.2) is 15.0 Å². The first-order valence-corrected chi connectivity index (χ1v) is 8.34. The van der Waals surface area contributed by atoms with Crippen LogP contribution in [0.2, 0.25) is 0 Å². The van der Waals surface area contributed by atoms with Crippen molar-refractivity contribution < 1.29 is 4.79 Å². The van der Waals surface area contributed by atoms with Gasteiger partial charge < -0.3 is 5.32 Å². The second-order valence-corrected chi connectivity index (χ2v) is 6.20. The molecule has 6 nitrogen and oxygen atoms in total. The zero-order valence-corrected chi connectivity index (χ0v) is 13.5. The largest absolute Gasteiger partial charge is 0.311 e. The average Bonchev–Trinajstić information content (AvgIpc) is 3.00. The lowest BCUT2D eigenvalue weighted by Crippen LogP contribution is -2.16. The molecule has 1 aliphatic carbocycles. The van der Waals surface area contributed by atoms with E-state index in [1.807, 2.05) is 17.7 Å². The van der Waals surface area contributed by atoms with E-state index in [1.54, 1.807) is 12.3 Å². The molecule has 3 rings (SSSR count). The van der Waals surface area contributed by atoms with Gasteiger partial charge in [-0.3, -0.25) is 9.36 Å². The summed E-state index contributed by atoms with van der Waals surface area (Å²) >= 11 is 0. The molecule has 0 atom stereocenters. The zero-order chi connectivity index (χ0) is 16.1. The van der Waals surface area contributed by atoms with Crippen molar-refractivity contribution in [2.45, 2.75) is 51.9 Å². The maximum atomic E-state index is 12.1. The Hall–Kier alpha value is -2.24. The van der Waals surface area contributed by atoms with Crippen LogP contribution in [0.3, 0.4) is 0 Å². The van der Waals surface area contributed by atoms with Gasteiger partial charge in [-0.05, 0) is 19.3 Å². The lowest BCUT2D eigenvalue weighted by Gasteiger charge is -2.20. The van der Waals surface area contributed by atoms with Crippen LogP contribution >= 0.6 is 0 Å². The van der Waals surface area contributed by atoms with E-state index < -0.39 is 0 Å². The maximum Gasteiger partial charge on any atom is 0.225 e. The highest BCUT2D eigenvalue weighted by Crippen LogP contribution is 2.27. The molecule has 23 heavy (non-hydrogen) atoms. The minimum absolute atomic E-state index is 0.0302. The quantitative estimate of drug-likeness (QED) is 0.919. The molecule has 0 aromatic carbocycles. The van der Waals surface area contributed by atoms with Crippen LogP contribution in [0, 0.1) is 12.8 Å². The molecule has 0 saturated heterocycles. The molecule has 0 bridgehead atoms. The number of nitrogens with zero attached hydrogens (tertiary/aromatic N) is 4. The summed E-state index contributed by atoms with van der Waals surface area (Å²) in [6, 6.07) is 1.77. The van der Waals surface area contributed by atoms with Crippen molar-refractivity contribution in [3.05, 3.63) is 30.6 Å². The second-order valence-electron chi connectivity index (χ2n) is 6.20. The highest BCUT2D eigenvalue weighted by molar-refractivity contribution is 5.89. The number of amides is 1.